The molecule has 0 radical (unpaired) electrons. The number of benzene rings is 2. The molecule has 0 saturated heterocycles. The first-order valence-corrected chi connectivity index (χ1v) is 5.26. The number of halogens is 1. The van der Waals surface area contributed by atoms with Crippen LogP contribution in [0.5, 0.6) is 17.2 Å². The summed E-state index contributed by atoms with van der Waals surface area (Å²) in [5, 5.41) is 10.1. The van der Waals surface area contributed by atoms with Crippen molar-refractivity contribution in [3.05, 3.63) is 53.1 Å². The zero-order chi connectivity index (χ0) is 11.5. The second kappa shape index (κ2) is 4.45. The SMILES string of the molecule is Cc1cccc(Oc2cc(Cl)ccc2O)c1. The minimum absolute atomic E-state index is 0.0749. The van der Waals surface area contributed by atoms with Crippen molar-refractivity contribution >= 4 is 11.6 Å². The number of ether oxygens (including phenoxy) is 1. The Morgan fingerprint density at radius 2 is 1.94 bits per heavy atom. The summed E-state index contributed by atoms with van der Waals surface area (Å²) in [6.07, 6.45) is 0. The average Bonchev–Trinajstić information content (AvgIpc) is 2.24. The standard InChI is InChI=1S/C13H11ClO2/c1-9-3-2-4-11(7-9)16-13-8-10(14)5-6-12(13)15/h2-8,15H,1H3. The predicted octanol–water partition coefficient (Wildman–Crippen LogP) is 4.15. The molecule has 2 nitrogen and oxygen atoms in total. The van der Waals surface area contributed by atoms with Crippen LogP contribution >= 0.6 is 11.6 Å². The molecule has 0 unspecified atom stereocenters. The van der Waals surface area contributed by atoms with E-state index in [2.05, 4.69) is 0 Å². The lowest BCUT2D eigenvalue weighted by atomic mass is 10.2. The van der Waals surface area contributed by atoms with Gasteiger partial charge in [-0.2, -0.15) is 0 Å². The van der Waals surface area contributed by atoms with E-state index in [9.17, 15) is 5.11 Å². The maximum absolute atomic E-state index is 9.58. The highest BCUT2D eigenvalue weighted by molar-refractivity contribution is 6.30. The molecule has 0 fully saturated rings. The molecule has 0 aromatic heterocycles. The molecule has 0 spiro atoms. The Morgan fingerprint density at radius 1 is 1.12 bits per heavy atom. The molecule has 0 amide bonds. The average molecular weight is 235 g/mol. The molecular formula is C13H11ClO2. The van der Waals surface area contributed by atoms with Gasteiger partial charge in [0.15, 0.2) is 11.5 Å². The summed E-state index contributed by atoms with van der Waals surface area (Å²) in [5.74, 6) is 1.11. The molecule has 1 N–H and O–H groups in total. The monoisotopic (exact) mass is 234 g/mol. The first-order valence-electron chi connectivity index (χ1n) is 4.88. The van der Waals surface area contributed by atoms with Crippen LogP contribution in [0, 0.1) is 6.92 Å². The maximum Gasteiger partial charge on any atom is 0.170 e. The number of phenolic OH excluding ortho intramolecular Hbond substituents is 1. The van der Waals surface area contributed by atoms with Crippen molar-refractivity contribution in [1.29, 1.82) is 0 Å². The molecule has 2 aromatic carbocycles. The summed E-state index contributed by atoms with van der Waals surface area (Å²) in [5.41, 5.74) is 1.10. The van der Waals surface area contributed by atoms with E-state index < -0.39 is 0 Å². The summed E-state index contributed by atoms with van der Waals surface area (Å²) >= 11 is 5.82. The molecule has 0 atom stereocenters. The molecule has 3 heteroatoms. The topological polar surface area (TPSA) is 29.5 Å². The summed E-state index contributed by atoms with van der Waals surface area (Å²) in [4.78, 5) is 0. The largest absolute Gasteiger partial charge is 0.504 e. The third kappa shape index (κ3) is 2.47. The van der Waals surface area contributed by atoms with E-state index in [-0.39, 0.29) is 5.75 Å². The highest BCUT2D eigenvalue weighted by Gasteiger charge is 2.04. The molecule has 2 rings (SSSR count). The summed E-state index contributed by atoms with van der Waals surface area (Å²) in [6, 6.07) is 12.3. The quantitative estimate of drug-likeness (QED) is 0.846. The van der Waals surface area contributed by atoms with E-state index >= 15 is 0 Å². The van der Waals surface area contributed by atoms with Crippen LogP contribution in [0.2, 0.25) is 5.02 Å². The van der Waals surface area contributed by atoms with Crippen LogP contribution in [0.25, 0.3) is 0 Å². The van der Waals surface area contributed by atoms with Crippen molar-refractivity contribution in [2.75, 3.05) is 0 Å². The van der Waals surface area contributed by atoms with Crippen LogP contribution in [-0.4, -0.2) is 5.11 Å². The Morgan fingerprint density at radius 3 is 2.69 bits per heavy atom. The Hall–Kier alpha value is -1.67. The van der Waals surface area contributed by atoms with Crippen molar-refractivity contribution in [3.63, 3.8) is 0 Å². The normalized spacial score (nSPS) is 10.1. The molecule has 0 aliphatic rings. The zero-order valence-electron chi connectivity index (χ0n) is 8.77. The lowest BCUT2D eigenvalue weighted by Crippen LogP contribution is -1.85. The van der Waals surface area contributed by atoms with Gasteiger partial charge in [0, 0.05) is 11.1 Å². The Bertz CT molecular complexity index is 509. The van der Waals surface area contributed by atoms with Gasteiger partial charge in [-0.3, -0.25) is 0 Å². The lowest BCUT2D eigenvalue weighted by Gasteiger charge is -2.08. The lowest BCUT2D eigenvalue weighted by molar-refractivity contribution is 0.411. The molecular weight excluding hydrogens is 224 g/mol. The molecule has 0 heterocycles. The van der Waals surface area contributed by atoms with Gasteiger partial charge in [-0.05, 0) is 36.8 Å². The van der Waals surface area contributed by atoms with Crippen molar-refractivity contribution < 1.29 is 9.84 Å². The van der Waals surface area contributed by atoms with Gasteiger partial charge in [0.2, 0.25) is 0 Å². The number of aryl methyl sites for hydroxylation is 1. The van der Waals surface area contributed by atoms with Crippen molar-refractivity contribution in [3.8, 4) is 17.2 Å². The van der Waals surface area contributed by atoms with E-state index in [0.717, 1.165) is 5.56 Å². The van der Waals surface area contributed by atoms with Crippen molar-refractivity contribution in [2.45, 2.75) is 6.92 Å². The molecule has 0 aliphatic heterocycles. The third-order valence-corrected chi connectivity index (χ3v) is 2.37. The number of hydrogen-bond donors (Lipinski definition) is 1. The van der Waals surface area contributed by atoms with Crippen LogP contribution in [0.15, 0.2) is 42.5 Å². The van der Waals surface area contributed by atoms with Gasteiger partial charge in [-0.25, -0.2) is 0 Å². The van der Waals surface area contributed by atoms with Crippen LogP contribution in [0.3, 0.4) is 0 Å². The fraction of sp³-hybridized carbons (Fsp3) is 0.0769. The van der Waals surface area contributed by atoms with E-state index in [1.54, 1.807) is 12.1 Å². The smallest absolute Gasteiger partial charge is 0.170 e. The summed E-state index contributed by atoms with van der Waals surface area (Å²) in [7, 11) is 0. The molecule has 0 bridgehead atoms. The Kier molecular flexibility index (Phi) is 3.02. The van der Waals surface area contributed by atoms with E-state index in [1.807, 2.05) is 31.2 Å². The van der Waals surface area contributed by atoms with E-state index in [4.69, 9.17) is 16.3 Å². The number of phenols is 1. The highest BCUT2D eigenvalue weighted by Crippen LogP contribution is 2.33. The van der Waals surface area contributed by atoms with Gasteiger partial charge in [-0.1, -0.05) is 23.7 Å². The van der Waals surface area contributed by atoms with Crippen LogP contribution in [-0.2, 0) is 0 Å². The van der Waals surface area contributed by atoms with Crippen molar-refractivity contribution in [2.24, 2.45) is 0 Å². The number of hydrogen-bond acceptors (Lipinski definition) is 2. The zero-order valence-corrected chi connectivity index (χ0v) is 9.53. The van der Waals surface area contributed by atoms with Crippen LogP contribution in [0.1, 0.15) is 5.56 Å². The second-order valence-corrected chi connectivity index (χ2v) is 3.97. The summed E-state index contributed by atoms with van der Waals surface area (Å²) in [6.45, 7) is 1.98. The molecule has 82 valence electrons. The Labute approximate surface area is 99.1 Å². The molecule has 2 aromatic rings. The molecule has 0 saturated carbocycles. The van der Waals surface area contributed by atoms with Crippen LogP contribution in [0.4, 0.5) is 0 Å². The van der Waals surface area contributed by atoms with Crippen LogP contribution < -0.4 is 4.74 Å². The second-order valence-electron chi connectivity index (χ2n) is 3.53. The fourth-order valence-electron chi connectivity index (χ4n) is 1.38. The van der Waals surface area contributed by atoms with Gasteiger partial charge in [0.25, 0.3) is 0 Å². The number of aromatic hydroxyl groups is 1. The first-order chi connectivity index (χ1) is 7.65. The van der Waals surface area contributed by atoms with Gasteiger partial charge in [0.05, 0.1) is 0 Å². The predicted molar refractivity (Wildman–Crippen MR) is 64.4 cm³/mol. The van der Waals surface area contributed by atoms with Gasteiger partial charge in [0.1, 0.15) is 5.75 Å². The van der Waals surface area contributed by atoms with Gasteiger partial charge in [-0.15, -0.1) is 0 Å². The van der Waals surface area contributed by atoms with Gasteiger partial charge >= 0.3 is 0 Å². The Balaban J connectivity index is 2.30. The maximum atomic E-state index is 9.58. The minimum atomic E-state index is 0.0749. The third-order valence-electron chi connectivity index (χ3n) is 2.14. The van der Waals surface area contributed by atoms with Crippen molar-refractivity contribution in [1.82, 2.24) is 0 Å². The number of rotatable bonds is 2. The summed E-state index contributed by atoms with van der Waals surface area (Å²) < 4.78 is 5.54. The first kappa shape index (κ1) is 10.8. The van der Waals surface area contributed by atoms with Gasteiger partial charge < -0.3 is 9.84 Å². The molecule has 0 aliphatic carbocycles. The fourth-order valence-corrected chi connectivity index (χ4v) is 1.54. The minimum Gasteiger partial charge on any atom is -0.504 e. The molecule has 16 heavy (non-hydrogen) atoms. The van der Waals surface area contributed by atoms with E-state index in [1.165, 1.54) is 6.07 Å². The van der Waals surface area contributed by atoms with E-state index in [0.29, 0.717) is 16.5 Å². The highest BCUT2D eigenvalue weighted by atomic mass is 35.5.